The number of aliphatic imine (C=N–C) groups is 1. The number of thioether (sulfide) groups is 1. The van der Waals surface area contributed by atoms with Crippen LogP contribution in [0.25, 0.3) is 0 Å². The summed E-state index contributed by atoms with van der Waals surface area (Å²) in [5.74, 6) is -0.617. The third-order valence-electron chi connectivity index (χ3n) is 3.73. The molecule has 0 spiro atoms. The van der Waals surface area contributed by atoms with Gasteiger partial charge in [0.2, 0.25) is 0 Å². The Morgan fingerprint density at radius 2 is 2.18 bits per heavy atom. The van der Waals surface area contributed by atoms with E-state index in [1.165, 1.54) is 11.8 Å². The molecule has 1 aromatic heterocycles. The second-order valence-electron chi connectivity index (χ2n) is 5.45. The van der Waals surface area contributed by atoms with Crippen LogP contribution >= 0.6 is 11.8 Å². The lowest BCUT2D eigenvalue weighted by molar-refractivity contribution is -0.141. The molecular weight excluding hydrogens is 306 g/mol. The number of hydrogen-bond donors (Lipinski definition) is 2. The lowest BCUT2D eigenvalue weighted by Gasteiger charge is -2.28. The van der Waals surface area contributed by atoms with Crippen molar-refractivity contribution in [2.24, 2.45) is 4.99 Å². The number of nitrogens with zero attached hydrogens (tertiary/aromatic N) is 3. The van der Waals surface area contributed by atoms with Gasteiger partial charge in [0.05, 0.1) is 25.1 Å². The molecule has 0 bridgehead atoms. The molecule has 3 rings (SSSR count). The molecule has 22 heavy (non-hydrogen) atoms. The highest BCUT2D eigenvalue weighted by Crippen LogP contribution is 2.34. The number of morpholine rings is 1. The van der Waals surface area contributed by atoms with Crippen molar-refractivity contribution in [1.82, 2.24) is 4.98 Å². The Balaban J connectivity index is 1.85. The van der Waals surface area contributed by atoms with E-state index in [1.807, 2.05) is 0 Å². The van der Waals surface area contributed by atoms with Crippen molar-refractivity contribution < 1.29 is 19.7 Å². The number of rotatable bonds is 3. The molecule has 2 aliphatic heterocycles. The summed E-state index contributed by atoms with van der Waals surface area (Å²) in [5, 5.41) is 19.9. The fraction of sp³-hybridized carbons (Fsp3) is 0.500. The lowest BCUT2D eigenvalue weighted by Crippen LogP contribution is -2.36. The van der Waals surface area contributed by atoms with Crippen LogP contribution in [0.5, 0.6) is 5.75 Å². The number of aromatic hydroxyl groups is 1. The highest BCUT2D eigenvalue weighted by Gasteiger charge is 2.39. The van der Waals surface area contributed by atoms with Gasteiger partial charge in [-0.1, -0.05) is 0 Å². The molecule has 7 nitrogen and oxygen atoms in total. The second-order valence-corrected chi connectivity index (χ2v) is 6.41. The minimum Gasteiger partial charge on any atom is -0.506 e. The van der Waals surface area contributed by atoms with Crippen LogP contribution in [0, 0.1) is 0 Å². The largest absolute Gasteiger partial charge is 0.506 e. The molecule has 8 heteroatoms. The highest BCUT2D eigenvalue weighted by atomic mass is 32.2. The molecule has 0 unspecified atom stereocenters. The Labute approximate surface area is 132 Å². The summed E-state index contributed by atoms with van der Waals surface area (Å²) in [6, 6.07) is 1.65. The Bertz CT molecular complexity index is 631. The summed E-state index contributed by atoms with van der Waals surface area (Å²) < 4.78 is 5.30. The smallest absolute Gasteiger partial charge is 0.332 e. The maximum atomic E-state index is 11.2. The van der Waals surface area contributed by atoms with Gasteiger partial charge in [-0.2, -0.15) is 0 Å². The molecule has 2 N–H and O–H groups in total. The summed E-state index contributed by atoms with van der Waals surface area (Å²) >= 11 is 1.30. The molecular formula is C14H17N3O4S. The number of hydrogen-bond acceptors (Lipinski definition) is 7. The first-order valence-corrected chi connectivity index (χ1v) is 7.96. The van der Waals surface area contributed by atoms with Crippen molar-refractivity contribution in [1.29, 1.82) is 0 Å². The third-order valence-corrected chi connectivity index (χ3v) is 5.00. The molecule has 0 radical (unpaired) electrons. The number of carboxylic acids is 1. The second kappa shape index (κ2) is 5.77. The third kappa shape index (κ3) is 2.76. The van der Waals surface area contributed by atoms with Gasteiger partial charge in [0.1, 0.15) is 16.5 Å². The number of anilines is 1. The van der Waals surface area contributed by atoms with Crippen LogP contribution in [0.2, 0.25) is 0 Å². The predicted octanol–water partition coefficient (Wildman–Crippen LogP) is 0.960. The number of ether oxygens (including phenoxy) is 1. The molecule has 0 aliphatic carbocycles. The van der Waals surface area contributed by atoms with Crippen molar-refractivity contribution in [3.63, 3.8) is 0 Å². The molecule has 0 amide bonds. The summed E-state index contributed by atoms with van der Waals surface area (Å²) in [7, 11) is 0. The Hall–Kier alpha value is -1.80. The van der Waals surface area contributed by atoms with E-state index < -0.39 is 11.5 Å². The zero-order chi connectivity index (χ0) is 15.7. The first-order chi connectivity index (χ1) is 10.5. The minimum atomic E-state index is -1.16. The van der Waals surface area contributed by atoms with Crippen LogP contribution in [0.4, 0.5) is 5.69 Å². The Morgan fingerprint density at radius 3 is 2.77 bits per heavy atom. The maximum Gasteiger partial charge on any atom is 0.332 e. The fourth-order valence-electron chi connectivity index (χ4n) is 2.33. The highest BCUT2D eigenvalue weighted by molar-refractivity contribution is 8.14. The average Bonchev–Trinajstić information content (AvgIpc) is 2.92. The summed E-state index contributed by atoms with van der Waals surface area (Å²) in [5.41, 5.74) is 0.0120. The summed E-state index contributed by atoms with van der Waals surface area (Å²) in [6.45, 7) is 4.39. The SMILES string of the molecule is C[C@]1(C(=O)O)CSC(c2ncc(N3CCOCC3)cc2O)=N1. The van der Waals surface area contributed by atoms with E-state index in [2.05, 4.69) is 14.9 Å². The molecule has 2 aliphatic rings. The van der Waals surface area contributed by atoms with E-state index in [0.717, 1.165) is 18.8 Å². The molecule has 1 atom stereocenters. The van der Waals surface area contributed by atoms with Crippen molar-refractivity contribution in [3.8, 4) is 5.75 Å². The van der Waals surface area contributed by atoms with Crippen LogP contribution in [0.1, 0.15) is 12.6 Å². The minimum absolute atomic E-state index is 0.0184. The van der Waals surface area contributed by atoms with Crippen LogP contribution in [0.15, 0.2) is 17.3 Å². The topological polar surface area (TPSA) is 95.2 Å². The fourth-order valence-corrected chi connectivity index (χ4v) is 3.50. The lowest BCUT2D eigenvalue weighted by atomic mass is 10.1. The van der Waals surface area contributed by atoms with E-state index in [9.17, 15) is 15.0 Å². The van der Waals surface area contributed by atoms with Gasteiger partial charge in [-0.05, 0) is 6.92 Å². The summed E-state index contributed by atoms with van der Waals surface area (Å²) in [6.07, 6.45) is 1.68. The van der Waals surface area contributed by atoms with Crippen LogP contribution in [-0.4, -0.2) is 63.8 Å². The van der Waals surface area contributed by atoms with Gasteiger partial charge in [0, 0.05) is 24.9 Å². The zero-order valence-electron chi connectivity index (χ0n) is 12.2. The molecule has 0 aromatic carbocycles. The first-order valence-electron chi connectivity index (χ1n) is 6.98. The number of aromatic nitrogens is 1. The van der Waals surface area contributed by atoms with E-state index in [4.69, 9.17) is 4.74 Å². The van der Waals surface area contributed by atoms with E-state index in [0.29, 0.717) is 29.7 Å². The van der Waals surface area contributed by atoms with E-state index in [1.54, 1.807) is 19.2 Å². The van der Waals surface area contributed by atoms with Crippen molar-refractivity contribution >= 4 is 28.5 Å². The van der Waals surface area contributed by atoms with Crippen molar-refractivity contribution in [3.05, 3.63) is 18.0 Å². The standard InChI is InChI=1S/C14H17N3O4S/c1-14(13(19)20)8-22-12(16-14)11-10(18)6-9(7-15-11)17-2-4-21-5-3-17/h6-7,18H,2-5,8H2,1H3,(H,19,20)/t14-/m1/s1. The van der Waals surface area contributed by atoms with Gasteiger partial charge < -0.3 is 19.8 Å². The normalized spacial score (nSPS) is 25.1. The number of carboxylic acid groups (broad SMARTS) is 1. The molecule has 1 saturated heterocycles. The predicted molar refractivity (Wildman–Crippen MR) is 84.0 cm³/mol. The maximum absolute atomic E-state index is 11.2. The zero-order valence-corrected chi connectivity index (χ0v) is 13.0. The van der Waals surface area contributed by atoms with Gasteiger partial charge in [0.25, 0.3) is 0 Å². The summed E-state index contributed by atoms with van der Waals surface area (Å²) in [4.78, 5) is 21.8. The van der Waals surface area contributed by atoms with Crippen LogP contribution in [-0.2, 0) is 9.53 Å². The Morgan fingerprint density at radius 1 is 1.45 bits per heavy atom. The van der Waals surface area contributed by atoms with Gasteiger partial charge in [0.15, 0.2) is 5.54 Å². The van der Waals surface area contributed by atoms with Crippen LogP contribution in [0.3, 0.4) is 0 Å². The van der Waals surface area contributed by atoms with Gasteiger partial charge in [-0.3, -0.25) is 4.99 Å². The molecule has 3 heterocycles. The first kappa shape index (κ1) is 15.1. The van der Waals surface area contributed by atoms with Crippen molar-refractivity contribution in [2.45, 2.75) is 12.5 Å². The molecule has 118 valence electrons. The average molecular weight is 323 g/mol. The van der Waals surface area contributed by atoms with Crippen molar-refractivity contribution in [2.75, 3.05) is 37.0 Å². The monoisotopic (exact) mass is 323 g/mol. The van der Waals surface area contributed by atoms with Crippen LogP contribution < -0.4 is 4.90 Å². The van der Waals surface area contributed by atoms with Gasteiger partial charge in [-0.15, -0.1) is 11.8 Å². The number of carbonyl (C=O) groups is 1. The number of pyridine rings is 1. The van der Waals surface area contributed by atoms with E-state index >= 15 is 0 Å². The van der Waals surface area contributed by atoms with Gasteiger partial charge in [-0.25, -0.2) is 9.78 Å². The number of aliphatic carboxylic acids is 1. The molecule has 1 fully saturated rings. The molecule has 0 saturated carbocycles. The molecule has 1 aromatic rings. The quantitative estimate of drug-likeness (QED) is 0.855. The van der Waals surface area contributed by atoms with E-state index in [-0.39, 0.29) is 5.75 Å². The Kier molecular flexibility index (Phi) is 3.96. The van der Waals surface area contributed by atoms with Gasteiger partial charge >= 0.3 is 5.97 Å².